The fraction of sp³-hybridized carbons (Fsp3) is 0.684. The van der Waals surface area contributed by atoms with Gasteiger partial charge in [-0.05, 0) is 49.3 Å². The Labute approximate surface area is 130 Å². The van der Waals surface area contributed by atoms with Crippen LogP contribution >= 0.6 is 0 Å². The van der Waals surface area contributed by atoms with E-state index in [2.05, 4.69) is 43.4 Å². The van der Waals surface area contributed by atoms with Crippen molar-refractivity contribution in [2.75, 3.05) is 13.7 Å². The van der Waals surface area contributed by atoms with Crippen LogP contribution in [0.5, 0.6) is 5.75 Å². The number of hydrogen-bond acceptors (Lipinski definition) is 2. The van der Waals surface area contributed by atoms with Crippen LogP contribution in [0.1, 0.15) is 51.5 Å². The minimum absolute atomic E-state index is 0.583. The van der Waals surface area contributed by atoms with E-state index in [9.17, 15) is 0 Å². The van der Waals surface area contributed by atoms with Crippen LogP contribution in [0.25, 0.3) is 0 Å². The molecule has 2 atom stereocenters. The van der Waals surface area contributed by atoms with Crippen LogP contribution in [0.2, 0.25) is 0 Å². The molecule has 21 heavy (non-hydrogen) atoms. The van der Waals surface area contributed by atoms with Crippen molar-refractivity contribution in [1.82, 2.24) is 5.32 Å². The number of benzene rings is 1. The third-order valence-electron chi connectivity index (χ3n) is 4.78. The summed E-state index contributed by atoms with van der Waals surface area (Å²) in [5.41, 5.74) is 1.38. The molecular weight excluding hydrogens is 258 g/mol. The summed E-state index contributed by atoms with van der Waals surface area (Å²) >= 11 is 0. The second kappa shape index (κ2) is 8.43. The molecule has 0 amide bonds. The van der Waals surface area contributed by atoms with E-state index in [0.717, 1.165) is 30.6 Å². The van der Waals surface area contributed by atoms with Crippen LogP contribution in [0.4, 0.5) is 0 Å². The van der Waals surface area contributed by atoms with Crippen molar-refractivity contribution in [3.05, 3.63) is 29.8 Å². The fourth-order valence-corrected chi connectivity index (χ4v) is 3.54. The first-order valence-electron chi connectivity index (χ1n) is 8.56. The maximum Gasteiger partial charge on any atom is 0.122 e. The molecule has 0 aliphatic heterocycles. The van der Waals surface area contributed by atoms with Crippen molar-refractivity contribution in [3.8, 4) is 5.75 Å². The smallest absolute Gasteiger partial charge is 0.122 e. The van der Waals surface area contributed by atoms with Crippen LogP contribution in [-0.4, -0.2) is 19.7 Å². The Morgan fingerprint density at radius 3 is 2.52 bits per heavy atom. The van der Waals surface area contributed by atoms with E-state index in [-0.39, 0.29) is 0 Å². The average Bonchev–Trinajstić information content (AvgIpc) is 2.71. The second-order valence-electron chi connectivity index (χ2n) is 6.74. The average molecular weight is 289 g/mol. The lowest BCUT2D eigenvalue weighted by Crippen LogP contribution is -2.33. The minimum Gasteiger partial charge on any atom is -0.496 e. The number of rotatable bonds is 6. The SMILES string of the molecule is COc1ccccc1CC1CCCCCC1CNC(C)C. The summed E-state index contributed by atoms with van der Waals surface area (Å²) < 4.78 is 5.54. The molecule has 0 spiro atoms. The molecule has 1 aliphatic carbocycles. The van der Waals surface area contributed by atoms with E-state index in [1.807, 2.05) is 0 Å². The molecule has 2 nitrogen and oxygen atoms in total. The van der Waals surface area contributed by atoms with Crippen LogP contribution in [0.3, 0.4) is 0 Å². The first-order chi connectivity index (χ1) is 10.2. The summed E-state index contributed by atoms with van der Waals surface area (Å²) in [6.07, 6.45) is 8.09. The third-order valence-corrected chi connectivity index (χ3v) is 4.78. The summed E-state index contributed by atoms with van der Waals surface area (Å²) in [6, 6.07) is 9.10. The summed E-state index contributed by atoms with van der Waals surface area (Å²) in [4.78, 5) is 0. The molecule has 2 unspecified atom stereocenters. The van der Waals surface area contributed by atoms with Crippen LogP contribution in [-0.2, 0) is 6.42 Å². The van der Waals surface area contributed by atoms with Gasteiger partial charge in [-0.15, -0.1) is 0 Å². The van der Waals surface area contributed by atoms with Gasteiger partial charge in [-0.25, -0.2) is 0 Å². The largest absolute Gasteiger partial charge is 0.496 e. The minimum atomic E-state index is 0.583. The zero-order valence-electron chi connectivity index (χ0n) is 13.9. The van der Waals surface area contributed by atoms with Crippen molar-refractivity contribution in [3.63, 3.8) is 0 Å². The highest BCUT2D eigenvalue weighted by Crippen LogP contribution is 2.33. The molecule has 2 rings (SSSR count). The molecule has 1 aromatic rings. The summed E-state index contributed by atoms with van der Waals surface area (Å²) in [5, 5.41) is 3.66. The van der Waals surface area contributed by atoms with Crippen LogP contribution in [0, 0.1) is 11.8 Å². The molecule has 1 fully saturated rings. The van der Waals surface area contributed by atoms with Gasteiger partial charge in [0.1, 0.15) is 5.75 Å². The molecule has 118 valence electrons. The van der Waals surface area contributed by atoms with Gasteiger partial charge in [0.15, 0.2) is 0 Å². The van der Waals surface area contributed by atoms with Gasteiger partial charge < -0.3 is 10.1 Å². The van der Waals surface area contributed by atoms with Gasteiger partial charge in [-0.2, -0.15) is 0 Å². The van der Waals surface area contributed by atoms with Crippen molar-refractivity contribution < 1.29 is 4.74 Å². The second-order valence-corrected chi connectivity index (χ2v) is 6.74. The summed E-state index contributed by atoms with van der Waals surface area (Å²) in [6.45, 7) is 5.65. The molecule has 0 bridgehead atoms. The van der Waals surface area contributed by atoms with Gasteiger partial charge in [-0.1, -0.05) is 51.3 Å². The Kier molecular flexibility index (Phi) is 6.56. The van der Waals surface area contributed by atoms with Gasteiger partial charge in [0.2, 0.25) is 0 Å². The molecular formula is C19H31NO. The Morgan fingerprint density at radius 2 is 1.81 bits per heavy atom. The van der Waals surface area contributed by atoms with E-state index in [4.69, 9.17) is 4.74 Å². The highest BCUT2D eigenvalue weighted by molar-refractivity contribution is 5.33. The molecule has 1 aromatic carbocycles. The maximum atomic E-state index is 5.54. The number of para-hydroxylation sites is 1. The van der Waals surface area contributed by atoms with Gasteiger partial charge in [0.05, 0.1) is 7.11 Å². The van der Waals surface area contributed by atoms with Gasteiger partial charge in [0, 0.05) is 6.04 Å². The monoisotopic (exact) mass is 289 g/mol. The lowest BCUT2D eigenvalue weighted by molar-refractivity contribution is 0.288. The predicted octanol–water partition coefficient (Wildman–Crippen LogP) is 4.43. The van der Waals surface area contributed by atoms with Crippen molar-refractivity contribution in [1.29, 1.82) is 0 Å². The zero-order chi connectivity index (χ0) is 15.1. The summed E-state index contributed by atoms with van der Waals surface area (Å²) in [7, 11) is 1.78. The fourth-order valence-electron chi connectivity index (χ4n) is 3.54. The predicted molar refractivity (Wildman–Crippen MR) is 89.9 cm³/mol. The van der Waals surface area contributed by atoms with Crippen LogP contribution in [0.15, 0.2) is 24.3 Å². The van der Waals surface area contributed by atoms with Crippen molar-refractivity contribution in [2.45, 2.75) is 58.4 Å². The number of methoxy groups -OCH3 is 1. The first kappa shape index (κ1) is 16.4. The van der Waals surface area contributed by atoms with Crippen LogP contribution < -0.4 is 10.1 Å². The van der Waals surface area contributed by atoms with E-state index in [1.165, 1.54) is 37.7 Å². The molecule has 0 aromatic heterocycles. The van der Waals surface area contributed by atoms with Gasteiger partial charge in [0.25, 0.3) is 0 Å². The van der Waals surface area contributed by atoms with E-state index in [0.29, 0.717) is 6.04 Å². The van der Waals surface area contributed by atoms with Gasteiger partial charge in [-0.3, -0.25) is 0 Å². The quantitative estimate of drug-likeness (QED) is 0.782. The molecule has 1 saturated carbocycles. The Morgan fingerprint density at radius 1 is 1.10 bits per heavy atom. The Bertz CT molecular complexity index is 416. The van der Waals surface area contributed by atoms with Crippen molar-refractivity contribution >= 4 is 0 Å². The highest BCUT2D eigenvalue weighted by Gasteiger charge is 2.24. The lowest BCUT2D eigenvalue weighted by Gasteiger charge is -2.27. The third kappa shape index (κ3) is 5.03. The molecule has 1 aliphatic rings. The molecule has 0 heterocycles. The first-order valence-corrected chi connectivity index (χ1v) is 8.56. The Hall–Kier alpha value is -1.02. The Balaban J connectivity index is 2.05. The number of nitrogens with one attached hydrogen (secondary N) is 1. The van der Waals surface area contributed by atoms with Crippen molar-refractivity contribution in [2.24, 2.45) is 11.8 Å². The number of ether oxygens (including phenoxy) is 1. The number of hydrogen-bond donors (Lipinski definition) is 1. The highest BCUT2D eigenvalue weighted by atomic mass is 16.5. The zero-order valence-corrected chi connectivity index (χ0v) is 13.9. The standard InChI is InChI=1S/C19H31NO/c1-15(2)20-14-18-11-6-4-5-9-16(18)13-17-10-7-8-12-19(17)21-3/h7-8,10,12,15-16,18,20H,4-6,9,11,13-14H2,1-3H3. The van der Waals surface area contributed by atoms with E-state index < -0.39 is 0 Å². The van der Waals surface area contributed by atoms with Gasteiger partial charge >= 0.3 is 0 Å². The lowest BCUT2D eigenvalue weighted by atomic mass is 9.83. The summed E-state index contributed by atoms with van der Waals surface area (Å²) in [5.74, 6) is 2.65. The normalized spacial score (nSPS) is 23.0. The van der Waals surface area contributed by atoms with E-state index >= 15 is 0 Å². The van der Waals surface area contributed by atoms with E-state index in [1.54, 1.807) is 7.11 Å². The molecule has 0 radical (unpaired) electrons. The molecule has 2 heteroatoms. The molecule has 1 N–H and O–H groups in total. The maximum absolute atomic E-state index is 5.54. The molecule has 0 saturated heterocycles. The topological polar surface area (TPSA) is 21.3 Å².